The van der Waals surface area contributed by atoms with Crippen LogP contribution in [0.5, 0.6) is 0 Å². The summed E-state index contributed by atoms with van der Waals surface area (Å²) < 4.78 is 3.25. The van der Waals surface area contributed by atoms with Gasteiger partial charge in [-0.1, -0.05) is 0 Å². The van der Waals surface area contributed by atoms with Crippen molar-refractivity contribution < 1.29 is 0 Å². The van der Waals surface area contributed by atoms with Gasteiger partial charge in [0.15, 0.2) is 0 Å². The van der Waals surface area contributed by atoms with Gasteiger partial charge in [-0.3, -0.25) is 0 Å². The summed E-state index contributed by atoms with van der Waals surface area (Å²) in [6.07, 6.45) is 0. The molecule has 0 aromatic rings. The van der Waals surface area contributed by atoms with Gasteiger partial charge < -0.3 is 0 Å². The molecule has 4 heavy (non-hydrogen) atoms. The molecule has 0 aromatic carbocycles. The van der Waals surface area contributed by atoms with Crippen molar-refractivity contribution in [3.8, 4) is 0 Å². The molecule has 1 aliphatic rings. The average molecular weight is 186 g/mol. The summed E-state index contributed by atoms with van der Waals surface area (Å²) in [5.74, 6) is 0. The van der Waals surface area contributed by atoms with E-state index in [-0.39, 0.29) is 0 Å². The van der Waals surface area contributed by atoms with E-state index in [0.717, 1.165) is 29.9 Å². The quantitative estimate of drug-likeness (QED) is 0.472. The molecular weight excluding hydrogens is 182 g/mol. The first-order valence-corrected chi connectivity index (χ1v) is 6.00. The van der Waals surface area contributed by atoms with E-state index in [1.54, 1.807) is 8.44 Å². The Morgan fingerprint density at radius 1 is 1.00 bits per heavy atom. The van der Waals surface area contributed by atoms with Crippen molar-refractivity contribution in [3.05, 3.63) is 0 Å². The van der Waals surface area contributed by atoms with E-state index in [9.17, 15) is 0 Å². The van der Waals surface area contributed by atoms with Crippen molar-refractivity contribution in [2.24, 2.45) is 0 Å². The fourth-order valence-electron chi connectivity index (χ4n) is 0.0833. The summed E-state index contributed by atoms with van der Waals surface area (Å²) in [7, 11) is 0. The van der Waals surface area contributed by atoms with E-state index in [0.29, 0.717) is 0 Å². The number of hydrogen-bond acceptors (Lipinski definition) is 0. The average Bonchev–Trinajstić information content (AvgIpc) is 0.722. The molecule has 1 saturated heterocycles. The van der Waals surface area contributed by atoms with Gasteiger partial charge in [0.2, 0.25) is 0 Å². The first-order chi connectivity index (χ1) is 2.00. The van der Waals surface area contributed by atoms with Gasteiger partial charge in [-0.05, 0) is 0 Å². The minimum atomic E-state index is 1.12. The van der Waals surface area contributed by atoms with Crippen molar-refractivity contribution in [1.82, 2.24) is 0 Å². The van der Waals surface area contributed by atoms with Gasteiger partial charge in [0, 0.05) is 0 Å². The van der Waals surface area contributed by atoms with Gasteiger partial charge in [-0.25, -0.2) is 0 Å². The fourth-order valence-corrected chi connectivity index (χ4v) is 2.25. The Kier molecular flexibility index (Phi) is 1.19. The topological polar surface area (TPSA) is 0 Å². The van der Waals surface area contributed by atoms with E-state index in [2.05, 4.69) is 0 Å². The first kappa shape index (κ1) is 3.24. The van der Waals surface area contributed by atoms with Crippen LogP contribution in [0.3, 0.4) is 0 Å². The van der Waals surface area contributed by atoms with E-state index in [4.69, 9.17) is 0 Å². The van der Waals surface area contributed by atoms with Crippen molar-refractivity contribution >= 4 is 29.9 Å². The molecule has 0 atom stereocenters. The third-order valence-corrected chi connectivity index (χ3v) is 9.00. The normalized spacial score (nSPS) is 24.0. The van der Waals surface area contributed by atoms with Gasteiger partial charge in [-0.15, -0.1) is 0 Å². The SMILES string of the molecule is C1[Se]C[Se]1. The molecule has 1 heterocycles. The monoisotopic (exact) mass is 188 g/mol. The van der Waals surface area contributed by atoms with Crippen LogP contribution >= 0.6 is 0 Å². The van der Waals surface area contributed by atoms with Gasteiger partial charge in [-0.2, -0.15) is 0 Å². The molecule has 0 amide bonds. The summed E-state index contributed by atoms with van der Waals surface area (Å²) in [5, 5.41) is 0. The summed E-state index contributed by atoms with van der Waals surface area (Å²) in [6.45, 7) is 0. The second kappa shape index (κ2) is 1.47. The third kappa shape index (κ3) is 0.498. The first-order valence-electron chi connectivity index (χ1n) is 1.15. The van der Waals surface area contributed by atoms with E-state index in [1.165, 1.54) is 0 Å². The Morgan fingerprint density at radius 3 is 1.25 bits per heavy atom. The second-order valence-electron chi connectivity index (χ2n) is 0.644. The molecule has 0 spiro atoms. The van der Waals surface area contributed by atoms with Gasteiger partial charge >= 0.3 is 38.3 Å². The van der Waals surface area contributed by atoms with Gasteiger partial charge in [0.05, 0.1) is 0 Å². The molecule has 24 valence electrons. The Bertz CT molecular complexity index is 12.0. The Hall–Kier alpha value is 1.04. The molecule has 0 aromatic heterocycles. The van der Waals surface area contributed by atoms with Crippen molar-refractivity contribution in [2.45, 2.75) is 8.44 Å². The van der Waals surface area contributed by atoms with Gasteiger partial charge in [0.1, 0.15) is 0 Å². The van der Waals surface area contributed by atoms with Crippen LogP contribution in [0.25, 0.3) is 0 Å². The van der Waals surface area contributed by atoms with Gasteiger partial charge in [0.25, 0.3) is 0 Å². The molecule has 1 fully saturated rings. The Balaban J connectivity index is 2.00. The predicted octanol–water partition coefficient (Wildman–Crippen LogP) is 0.160. The molecule has 0 bridgehead atoms. The van der Waals surface area contributed by atoms with Crippen molar-refractivity contribution in [2.75, 3.05) is 0 Å². The summed E-state index contributed by atoms with van der Waals surface area (Å²) in [4.78, 5) is 0. The third-order valence-electron chi connectivity index (χ3n) is 0.333. The van der Waals surface area contributed by atoms with Crippen LogP contribution in [-0.2, 0) is 0 Å². The maximum atomic E-state index is 1.62. The molecular formula is C2H4Se2. The Morgan fingerprint density at radius 2 is 1.25 bits per heavy atom. The zero-order chi connectivity index (χ0) is 2.83. The molecule has 0 saturated carbocycles. The molecule has 0 N–H and O–H groups in total. The summed E-state index contributed by atoms with van der Waals surface area (Å²) in [6, 6.07) is 0. The van der Waals surface area contributed by atoms with E-state index >= 15 is 0 Å². The molecule has 1 rings (SSSR count). The Labute approximate surface area is 38.7 Å². The minimum absolute atomic E-state index is 1.12. The molecule has 1 aliphatic heterocycles. The standard InChI is InChI=1S/C2H4Se2/c1-3-2-4-1/h1-2H2. The van der Waals surface area contributed by atoms with Crippen LogP contribution in [0.2, 0.25) is 8.44 Å². The number of hydrogen-bond donors (Lipinski definition) is 0. The fraction of sp³-hybridized carbons (Fsp3) is 1.00. The molecule has 0 nitrogen and oxygen atoms in total. The summed E-state index contributed by atoms with van der Waals surface area (Å²) in [5.41, 5.74) is 0. The van der Waals surface area contributed by atoms with Crippen LogP contribution in [0.4, 0.5) is 0 Å². The van der Waals surface area contributed by atoms with Crippen LogP contribution in [0.1, 0.15) is 0 Å². The molecule has 2 heteroatoms. The molecule has 0 radical (unpaired) electrons. The molecule has 0 aliphatic carbocycles. The maximum absolute atomic E-state index is 1.62. The predicted molar refractivity (Wildman–Crippen MR) is 21.1 cm³/mol. The molecule has 0 unspecified atom stereocenters. The zero-order valence-corrected chi connectivity index (χ0v) is 5.66. The van der Waals surface area contributed by atoms with Crippen molar-refractivity contribution in [1.29, 1.82) is 0 Å². The number of rotatable bonds is 0. The summed E-state index contributed by atoms with van der Waals surface area (Å²) >= 11 is 2.25. The van der Waals surface area contributed by atoms with Crippen molar-refractivity contribution in [3.63, 3.8) is 0 Å². The van der Waals surface area contributed by atoms with E-state index in [1.807, 2.05) is 0 Å². The second-order valence-corrected chi connectivity index (χ2v) is 8.49. The van der Waals surface area contributed by atoms with E-state index < -0.39 is 0 Å². The van der Waals surface area contributed by atoms with Crippen LogP contribution in [0, 0.1) is 0 Å². The van der Waals surface area contributed by atoms with Crippen LogP contribution < -0.4 is 0 Å². The van der Waals surface area contributed by atoms with Crippen LogP contribution in [-0.4, -0.2) is 29.9 Å². The zero-order valence-electron chi connectivity index (χ0n) is 2.23. The van der Waals surface area contributed by atoms with Crippen LogP contribution in [0.15, 0.2) is 0 Å².